The summed E-state index contributed by atoms with van der Waals surface area (Å²) in [6.07, 6.45) is 0. The Morgan fingerprint density at radius 3 is 1.50 bits per heavy atom. The van der Waals surface area contributed by atoms with Crippen molar-refractivity contribution in [2.45, 2.75) is 46.0 Å². The zero-order valence-electron chi connectivity index (χ0n) is 18.0. The van der Waals surface area contributed by atoms with Gasteiger partial charge in [-0.05, 0) is 26.1 Å². The minimum absolute atomic E-state index is 0.147. The van der Waals surface area contributed by atoms with E-state index in [9.17, 15) is 0 Å². The van der Waals surface area contributed by atoms with E-state index in [1.54, 1.807) is 0 Å². The quantitative estimate of drug-likeness (QED) is 0.401. The van der Waals surface area contributed by atoms with E-state index in [-0.39, 0.29) is 5.54 Å². The van der Waals surface area contributed by atoms with Crippen LogP contribution < -0.4 is 21.1 Å². The first-order valence-electron chi connectivity index (χ1n) is 9.99. The predicted molar refractivity (Wildman–Crippen MR) is 130 cm³/mol. The summed E-state index contributed by atoms with van der Waals surface area (Å²) in [6, 6.07) is 31.0. The van der Waals surface area contributed by atoms with Crippen molar-refractivity contribution >= 4 is 36.2 Å². The molecular formula is C25H32NPSi. The number of hydrogen-bond donors (Lipinski definition) is 0. The van der Waals surface area contributed by atoms with Gasteiger partial charge in [-0.1, -0.05) is 110 Å². The minimum Gasteiger partial charge on any atom is -0.284 e. The summed E-state index contributed by atoms with van der Waals surface area (Å²) >= 11 is 0. The highest BCUT2D eigenvalue weighted by Gasteiger charge is 2.34. The molecule has 3 rings (SSSR count). The minimum atomic E-state index is -2.15. The van der Waals surface area contributed by atoms with Crippen LogP contribution in [0.4, 0.5) is 0 Å². The summed E-state index contributed by atoms with van der Waals surface area (Å²) in [5.41, 5.74) is -0.147. The first-order valence-corrected chi connectivity index (χ1v) is 15.2. The van der Waals surface area contributed by atoms with Gasteiger partial charge in [0.05, 0.1) is 20.7 Å². The highest BCUT2D eigenvalue weighted by molar-refractivity contribution is 7.87. The number of rotatable bonds is 4. The van der Waals surface area contributed by atoms with Gasteiger partial charge in [0.2, 0.25) is 0 Å². The molecule has 0 radical (unpaired) electrons. The smallest absolute Gasteiger partial charge is 0.0785 e. The van der Waals surface area contributed by atoms with Crippen LogP contribution in [0.25, 0.3) is 0 Å². The van der Waals surface area contributed by atoms with Crippen LogP contribution >= 0.6 is 7.05 Å². The van der Waals surface area contributed by atoms with Crippen molar-refractivity contribution in [3.63, 3.8) is 0 Å². The van der Waals surface area contributed by atoms with Gasteiger partial charge in [0.15, 0.2) is 0 Å². The van der Waals surface area contributed by atoms with E-state index < -0.39 is 15.1 Å². The van der Waals surface area contributed by atoms with Crippen LogP contribution in [0.3, 0.4) is 0 Å². The fourth-order valence-corrected chi connectivity index (χ4v) is 10.7. The predicted octanol–water partition coefficient (Wildman–Crippen LogP) is 5.51. The Morgan fingerprint density at radius 2 is 1.07 bits per heavy atom. The maximum Gasteiger partial charge on any atom is 0.0785 e. The largest absolute Gasteiger partial charge is 0.284 e. The molecule has 0 saturated heterocycles. The molecule has 0 atom stereocenters. The Morgan fingerprint density at radius 1 is 0.643 bits per heavy atom. The first-order chi connectivity index (χ1) is 13.1. The molecule has 0 aliphatic rings. The lowest BCUT2D eigenvalue weighted by Gasteiger charge is -2.34. The third kappa shape index (κ3) is 4.24. The van der Waals surface area contributed by atoms with Gasteiger partial charge in [0.25, 0.3) is 0 Å². The summed E-state index contributed by atoms with van der Waals surface area (Å²) in [4.78, 5) is 0. The first kappa shape index (κ1) is 20.8. The van der Waals surface area contributed by atoms with Gasteiger partial charge in [-0.3, -0.25) is 4.74 Å². The van der Waals surface area contributed by atoms with Crippen LogP contribution in [-0.4, -0.2) is 13.6 Å². The van der Waals surface area contributed by atoms with E-state index in [1.165, 1.54) is 21.1 Å². The fourth-order valence-electron chi connectivity index (χ4n) is 3.72. The molecule has 0 unspecified atom stereocenters. The summed E-state index contributed by atoms with van der Waals surface area (Å²) in [5, 5.41) is 5.62. The lowest BCUT2D eigenvalue weighted by molar-refractivity contribution is 0.591. The van der Waals surface area contributed by atoms with E-state index in [4.69, 9.17) is 4.74 Å². The van der Waals surface area contributed by atoms with Gasteiger partial charge < -0.3 is 0 Å². The lowest BCUT2D eigenvalue weighted by Crippen LogP contribution is -2.49. The third-order valence-electron chi connectivity index (χ3n) is 4.77. The van der Waals surface area contributed by atoms with Crippen LogP contribution in [0, 0.1) is 0 Å². The third-order valence-corrected chi connectivity index (χ3v) is 11.1. The normalized spacial score (nSPS) is 12.6. The molecule has 0 bridgehead atoms. The zero-order chi connectivity index (χ0) is 20.4. The molecule has 0 saturated carbocycles. The van der Waals surface area contributed by atoms with Crippen molar-refractivity contribution in [1.29, 1.82) is 0 Å². The van der Waals surface area contributed by atoms with Crippen molar-refractivity contribution < 1.29 is 0 Å². The average molecular weight is 406 g/mol. The molecule has 146 valence electrons. The second kappa shape index (κ2) is 7.85. The second-order valence-electron chi connectivity index (χ2n) is 9.34. The average Bonchev–Trinajstić information content (AvgIpc) is 2.66. The van der Waals surface area contributed by atoms with Gasteiger partial charge in [0.1, 0.15) is 0 Å². The summed E-state index contributed by atoms with van der Waals surface area (Å²) in [5.74, 6) is 0. The van der Waals surface area contributed by atoms with Gasteiger partial charge in [0, 0.05) is 10.6 Å². The molecule has 0 spiro atoms. The molecular weight excluding hydrogens is 373 g/mol. The van der Waals surface area contributed by atoms with Crippen LogP contribution in [0.5, 0.6) is 0 Å². The van der Waals surface area contributed by atoms with E-state index in [0.717, 1.165) is 0 Å². The maximum atomic E-state index is 5.66. The highest BCUT2D eigenvalue weighted by atomic mass is 31.2. The van der Waals surface area contributed by atoms with Crippen LogP contribution in [0.1, 0.15) is 20.8 Å². The van der Waals surface area contributed by atoms with Crippen LogP contribution in [0.15, 0.2) is 89.7 Å². The molecule has 1 nitrogen and oxygen atoms in total. The van der Waals surface area contributed by atoms with Gasteiger partial charge in [-0.2, -0.15) is 0 Å². The number of nitrogens with zero attached hydrogens (tertiary/aromatic N) is 1. The molecule has 0 aliphatic carbocycles. The fraction of sp³-hybridized carbons (Fsp3) is 0.280. The lowest BCUT2D eigenvalue weighted by atomic mass is 10.1. The molecule has 0 fully saturated rings. The molecule has 3 heteroatoms. The summed E-state index contributed by atoms with van der Waals surface area (Å²) in [6.45, 7) is 14.0. The second-order valence-corrected chi connectivity index (χ2v) is 17.4. The number of hydrogen-bond acceptors (Lipinski definition) is 1. The highest BCUT2D eigenvalue weighted by Crippen LogP contribution is 2.48. The zero-order valence-corrected chi connectivity index (χ0v) is 19.9. The molecule has 0 N–H and O–H groups in total. The summed E-state index contributed by atoms with van der Waals surface area (Å²) < 4.78 is 5.66. The molecule has 3 aromatic rings. The van der Waals surface area contributed by atoms with E-state index in [0.29, 0.717) is 0 Å². The van der Waals surface area contributed by atoms with Crippen LogP contribution in [0.2, 0.25) is 19.6 Å². The standard InChI is InChI=1S/C25H32NPSi/c1-25(2,3)26-27(21-15-9-7-10-16-21,22-17-11-8-12-18-22)23-19-13-14-20-24(23)28(4,5)6/h7-20H,1-6H3. The van der Waals surface area contributed by atoms with Crippen molar-refractivity contribution in [2.75, 3.05) is 0 Å². The molecule has 0 amide bonds. The molecule has 0 aromatic heterocycles. The van der Waals surface area contributed by atoms with Crippen molar-refractivity contribution in [1.82, 2.24) is 0 Å². The molecule has 28 heavy (non-hydrogen) atoms. The van der Waals surface area contributed by atoms with Gasteiger partial charge in [-0.15, -0.1) is 0 Å². The monoisotopic (exact) mass is 405 g/mol. The van der Waals surface area contributed by atoms with Gasteiger partial charge in [-0.25, -0.2) is 0 Å². The van der Waals surface area contributed by atoms with Crippen LogP contribution in [-0.2, 0) is 0 Å². The molecule has 0 heterocycles. The van der Waals surface area contributed by atoms with Crippen molar-refractivity contribution in [3.05, 3.63) is 84.9 Å². The topological polar surface area (TPSA) is 12.4 Å². The molecule has 3 aromatic carbocycles. The van der Waals surface area contributed by atoms with Gasteiger partial charge >= 0.3 is 0 Å². The van der Waals surface area contributed by atoms with E-state index in [2.05, 4.69) is 125 Å². The maximum absolute atomic E-state index is 5.66. The number of benzene rings is 3. The van der Waals surface area contributed by atoms with E-state index >= 15 is 0 Å². The summed E-state index contributed by atoms with van der Waals surface area (Å²) in [7, 11) is -3.71. The van der Waals surface area contributed by atoms with E-state index in [1.807, 2.05) is 0 Å². The SMILES string of the molecule is CC(C)(C)N=P(c1ccccc1)(c1ccccc1)c1ccccc1[Si](C)(C)C. The Hall–Kier alpha value is -1.89. The Balaban J connectivity index is 2.55. The molecule has 0 aliphatic heterocycles. The Bertz CT molecular complexity index is 937. The Kier molecular flexibility index (Phi) is 5.84. The Labute approximate surface area is 171 Å². The van der Waals surface area contributed by atoms with Crippen molar-refractivity contribution in [2.24, 2.45) is 4.74 Å². The van der Waals surface area contributed by atoms with Crippen molar-refractivity contribution in [3.8, 4) is 0 Å².